The average Bonchev–Trinajstić information content (AvgIpc) is 3.00. The van der Waals surface area contributed by atoms with E-state index < -0.39 is 6.10 Å². The summed E-state index contributed by atoms with van der Waals surface area (Å²) in [5.41, 5.74) is 1.51. The van der Waals surface area contributed by atoms with Gasteiger partial charge < -0.3 is 9.84 Å². The highest BCUT2D eigenvalue weighted by Gasteiger charge is 2.10. The first kappa shape index (κ1) is 18.2. The smallest absolute Gasteiger partial charge is 0.159 e. The Morgan fingerprint density at radius 1 is 1.32 bits per heavy atom. The fourth-order valence-corrected chi connectivity index (χ4v) is 4.28. The summed E-state index contributed by atoms with van der Waals surface area (Å²) < 4.78 is 7.52. The average molecular weight is 394 g/mol. The number of hydrogen-bond donors (Lipinski definition) is 1. The number of aromatic nitrogens is 1. The van der Waals surface area contributed by atoms with E-state index >= 15 is 0 Å². The van der Waals surface area contributed by atoms with Gasteiger partial charge in [0.05, 0.1) is 16.3 Å². The van der Waals surface area contributed by atoms with E-state index in [1.807, 2.05) is 18.2 Å². The molecule has 1 aromatic heterocycles. The molecule has 0 unspecified atom stereocenters. The third kappa shape index (κ3) is 4.95. The van der Waals surface area contributed by atoms with Crippen molar-refractivity contribution in [2.45, 2.75) is 17.4 Å². The number of fused-ring (bicyclic) bond motifs is 1. The van der Waals surface area contributed by atoms with E-state index in [4.69, 9.17) is 16.3 Å². The number of hydrogen-bond acceptors (Lipinski definition) is 6. The summed E-state index contributed by atoms with van der Waals surface area (Å²) in [7, 11) is 0. The standard InChI is InChI=1S/C18H16ClNO3S2/c1-11(21)12-2-5-15(6-3-12)23-9-14(22)10-24-18-20-16-8-13(19)4-7-17(16)25-18/h2-8,14,22H,9-10H2,1H3/t14-/m1/s1. The van der Waals surface area contributed by atoms with E-state index in [9.17, 15) is 9.90 Å². The Hall–Kier alpha value is -1.60. The fourth-order valence-electron chi connectivity index (χ4n) is 2.14. The largest absolute Gasteiger partial charge is 0.491 e. The fraction of sp³-hybridized carbons (Fsp3) is 0.222. The summed E-state index contributed by atoms with van der Waals surface area (Å²) >= 11 is 9.03. The topological polar surface area (TPSA) is 59.4 Å². The maximum atomic E-state index is 11.2. The first-order valence-corrected chi connectivity index (χ1v) is 9.80. The second kappa shape index (κ2) is 8.19. The molecule has 0 amide bonds. The lowest BCUT2D eigenvalue weighted by Crippen LogP contribution is -2.20. The number of nitrogens with zero attached hydrogens (tertiary/aromatic N) is 1. The molecule has 130 valence electrons. The number of carbonyl (C=O) groups is 1. The summed E-state index contributed by atoms with van der Waals surface area (Å²) in [5, 5.41) is 10.8. The van der Waals surface area contributed by atoms with Gasteiger partial charge in [0.25, 0.3) is 0 Å². The summed E-state index contributed by atoms with van der Waals surface area (Å²) in [6, 6.07) is 12.5. The molecule has 0 aliphatic rings. The number of ketones is 1. The normalized spacial score (nSPS) is 12.3. The lowest BCUT2D eigenvalue weighted by atomic mass is 10.1. The zero-order chi connectivity index (χ0) is 17.8. The molecule has 0 saturated heterocycles. The number of aliphatic hydroxyl groups is 1. The van der Waals surface area contributed by atoms with Crippen molar-refractivity contribution in [1.82, 2.24) is 4.98 Å². The minimum Gasteiger partial charge on any atom is -0.491 e. The SMILES string of the molecule is CC(=O)c1ccc(OC[C@@H](O)CSc2nc3cc(Cl)ccc3s2)cc1. The van der Waals surface area contributed by atoms with Gasteiger partial charge in [0.1, 0.15) is 12.4 Å². The van der Waals surface area contributed by atoms with Crippen LogP contribution in [0, 0.1) is 0 Å². The van der Waals surface area contributed by atoms with Crippen molar-refractivity contribution in [2.24, 2.45) is 0 Å². The van der Waals surface area contributed by atoms with Gasteiger partial charge in [-0.1, -0.05) is 23.4 Å². The molecule has 7 heteroatoms. The number of ether oxygens (including phenoxy) is 1. The molecule has 0 radical (unpaired) electrons. The van der Waals surface area contributed by atoms with Gasteiger partial charge in [-0.25, -0.2) is 4.98 Å². The Labute approximate surface area is 158 Å². The second-order valence-electron chi connectivity index (χ2n) is 5.45. The van der Waals surface area contributed by atoms with Crippen LogP contribution in [-0.4, -0.2) is 34.3 Å². The molecule has 0 aliphatic carbocycles. The van der Waals surface area contributed by atoms with Crippen LogP contribution in [0.4, 0.5) is 0 Å². The molecule has 0 bridgehead atoms. The highest BCUT2D eigenvalue weighted by Crippen LogP contribution is 2.31. The van der Waals surface area contributed by atoms with Crippen LogP contribution in [0.1, 0.15) is 17.3 Å². The lowest BCUT2D eigenvalue weighted by molar-refractivity contribution is 0.101. The number of rotatable bonds is 7. The quantitative estimate of drug-likeness (QED) is 0.466. The molecule has 0 spiro atoms. The van der Waals surface area contributed by atoms with Crippen LogP contribution < -0.4 is 4.74 Å². The molecule has 0 saturated carbocycles. The van der Waals surface area contributed by atoms with Crippen molar-refractivity contribution in [3.05, 3.63) is 53.1 Å². The van der Waals surface area contributed by atoms with E-state index in [0.29, 0.717) is 22.1 Å². The summed E-state index contributed by atoms with van der Waals surface area (Å²) in [5.74, 6) is 1.13. The van der Waals surface area contributed by atoms with Crippen molar-refractivity contribution in [3.8, 4) is 5.75 Å². The first-order chi connectivity index (χ1) is 12.0. The number of Topliss-reactive ketones (excluding diaryl/α,β-unsaturated/α-hetero) is 1. The molecular weight excluding hydrogens is 378 g/mol. The van der Waals surface area contributed by atoms with Gasteiger partial charge >= 0.3 is 0 Å². The molecular formula is C18H16ClNO3S2. The number of thioether (sulfide) groups is 1. The van der Waals surface area contributed by atoms with E-state index in [1.165, 1.54) is 18.7 Å². The Morgan fingerprint density at radius 2 is 2.08 bits per heavy atom. The number of benzene rings is 2. The van der Waals surface area contributed by atoms with Crippen molar-refractivity contribution >= 4 is 50.7 Å². The van der Waals surface area contributed by atoms with Gasteiger partial charge in [-0.3, -0.25) is 4.79 Å². The van der Waals surface area contributed by atoms with Crippen LogP contribution in [0.3, 0.4) is 0 Å². The molecule has 1 N–H and O–H groups in total. The second-order valence-corrected chi connectivity index (χ2v) is 8.18. The van der Waals surface area contributed by atoms with Crippen LogP contribution in [0.25, 0.3) is 10.2 Å². The maximum Gasteiger partial charge on any atom is 0.159 e. The highest BCUT2D eigenvalue weighted by atomic mass is 35.5. The Bertz CT molecular complexity index is 880. The van der Waals surface area contributed by atoms with E-state index in [2.05, 4.69) is 4.98 Å². The number of aliphatic hydroxyl groups excluding tert-OH is 1. The molecule has 0 aliphatic heterocycles. The Balaban J connectivity index is 1.50. The number of halogens is 1. The predicted molar refractivity (Wildman–Crippen MR) is 103 cm³/mol. The van der Waals surface area contributed by atoms with E-state index in [1.54, 1.807) is 35.6 Å². The first-order valence-electron chi connectivity index (χ1n) is 7.62. The maximum absolute atomic E-state index is 11.2. The van der Waals surface area contributed by atoms with Gasteiger partial charge in [0.2, 0.25) is 0 Å². The number of thiazole rings is 1. The highest BCUT2D eigenvalue weighted by molar-refractivity contribution is 8.01. The van der Waals surface area contributed by atoms with Crippen molar-refractivity contribution in [3.63, 3.8) is 0 Å². The minimum absolute atomic E-state index is 0.0140. The van der Waals surface area contributed by atoms with Crippen LogP contribution in [-0.2, 0) is 0 Å². The Kier molecular flexibility index (Phi) is 5.96. The third-order valence-corrected chi connectivity index (χ3v) is 5.99. The van der Waals surface area contributed by atoms with Crippen LogP contribution >= 0.6 is 34.7 Å². The van der Waals surface area contributed by atoms with Gasteiger partial charge in [0, 0.05) is 16.3 Å². The summed E-state index contributed by atoms with van der Waals surface area (Å²) in [6.45, 7) is 1.70. The van der Waals surface area contributed by atoms with E-state index in [-0.39, 0.29) is 12.4 Å². The van der Waals surface area contributed by atoms with Gasteiger partial charge in [0.15, 0.2) is 10.1 Å². The zero-order valence-electron chi connectivity index (χ0n) is 13.4. The van der Waals surface area contributed by atoms with E-state index in [0.717, 1.165) is 14.6 Å². The molecule has 1 heterocycles. The van der Waals surface area contributed by atoms with Gasteiger partial charge in [-0.05, 0) is 49.4 Å². The van der Waals surface area contributed by atoms with Crippen molar-refractivity contribution in [2.75, 3.05) is 12.4 Å². The van der Waals surface area contributed by atoms with Crippen LogP contribution in [0.5, 0.6) is 5.75 Å². The monoisotopic (exact) mass is 393 g/mol. The molecule has 2 aromatic carbocycles. The summed E-state index contributed by atoms with van der Waals surface area (Å²) in [6.07, 6.45) is -0.618. The molecule has 0 fully saturated rings. The van der Waals surface area contributed by atoms with Crippen molar-refractivity contribution in [1.29, 1.82) is 0 Å². The van der Waals surface area contributed by atoms with Gasteiger partial charge in [-0.2, -0.15) is 0 Å². The summed E-state index contributed by atoms with van der Waals surface area (Å²) in [4.78, 5) is 15.7. The van der Waals surface area contributed by atoms with Gasteiger partial charge in [-0.15, -0.1) is 11.3 Å². The third-order valence-electron chi connectivity index (χ3n) is 3.43. The predicted octanol–water partition coefficient (Wildman–Crippen LogP) is 4.68. The van der Waals surface area contributed by atoms with Crippen LogP contribution in [0.2, 0.25) is 5.02 Å². The molecule has 4 nitrogen and oxygen atoms in total. The molecule has 3 aromatic rings. The Morgan fingerprint density at radius 3 is 2.80 bits per heavy atom. The lowest BCUT2D eigenvalue weighted by Gasteiger charge is -2.11. The van der Waals surface area contributed by atoms with Crippen molar-refractivity contribution < 1.29 is 14.6 Å². The minimum atomic E-state index is -0.618. The zero-order valence-corrected chi connectivity index (χ0v) is 15.8. The molecule has 25 heavy (non-hydrogen) atoms. The molecule has 1 atom stereocenters. The van der Waals surface area contributed by atoms with Crippen LogP contribution in [0.15, 0.2) is 46.8 Å². The number of carbonyl (C=O) groups excluding carboxylic acids is 1. The molecule has 3 rings (SSSR count).